The fraction of sp³-hybridized carbons (Fsp3) is 0.667. The Morgan fingerprint density at radius 1 is 1.55 bits per heavy atom. The minimum Gasteiger partial charge on any atom is -0.284 e. The van der Waals surface area contributed by atoms with Crippen molar-refractivity contribution in [3.05, 3.63) is 0 Å². The Kier molecular flexibility index (Phi) is 2.21. The second-order valence-electron chi connectivity index (χ2n) is 2.44. The predicted molar refractivity (Wildman–Crippen MR) is 38.4 cm³/mol. The molecule has 0 aromatic rings. The molecule has 0 saturated carbocycles. The molecule has 1 aliphatic rings. The monoisotopic (exact) mass is 157 g/mol. The molecule has 5 heteroatoms. The van der Waals surface area contributed by atoms with Gasteiger partial charge in [0.1, 0.15) is 6.04 Å². The van der Waals surface area contributed by atoms with Gasteiger partial charge in [-0.1, -0.05) is 0 Å². The van der Waals surface area contributed by atoms with E-state index >= 15 is 0 Å². The lowest BCUT2D eigenvalue weighted by Gasteiger charge is -2.08. The average molecular weight is 157 g/mol. The standard InChI is InChI=1S/C6H11N3O2/c1-7-8-4-3-5(10)9(2)6(4)11/h4,7-8H,3H2,1-2H3. The SMILES string of the molecule is CNNC1CC(=O)N(C)C1=O. The van der Waals surface area contributed by atoms with Crippen LogP contribution in [0.3, 0.4) is 0 Å². The Balaban J connectivity index is 2.60. The average Bonchev–Trinajstić information content (AvgIpc) is 2.19. The van der Waals surface area contributed by atoms with Crippen LogP contribution in [-0.4, -0.2) is 36.9 Å². The van der Waals surface area contributed by atoms with Gasteiger partial charge >= 0.3 is 0 Å². The highest BCUT2D eigenvalue weighted by Crippen LogP contribution is 2.08. The van der Waals surface area contributed by atoms with Gasteiger partial charge in [0, 0.05) is 7.05 Å². The number of hydrogen-bond donors (Lipinski definition) is 2. The molecule has 1 saturated heterocycles. The minimum atomic E-state index is -0.391. The van der Waals surface area contributed by atoms with Gasteiger partial charge in [0.25, 0.3) is 0 Å². The van der Waals surface area contributed by atoms with Gasteiger partial charge in [0.2, 0.25) is 11.8 Å². The van der Waals surface area contributed by atoms with Gasteiger partial charge in [-0.05, 0) is 7.05 Å². The topological polar surface area (TPSA) is 61.4 Å². The molecule has 0 aromatic heterocycles. The number of hydrazine groups is 1. The Labute approximate surface area is 64.7 Å². The zero-order valence-corrected chi connectivity index (χ0v) is 6.55. The first-order valence-electron chi connectivity index (χ1n) is 3.39. The molecule has 0 aromatic carbocycles. The van der Waals surface area contributed by atoms with Gasteiger partial charge < -0.3 is 0 Å². The van der Waals surface area contributed by atoms with E-state index in [4.69, 9.17) is 0 Å². The van der Waals surface area contributed by atoms with Crippen molar-refractivity contribution in [3.63, 3.8) is 0 Å². The summed E-state index contributed by atoms with van der Waals surface area (Å²) in [6.45, 7) is 0. The fourth-order valence-electron chi connectivity index (χ4n) is 1.04. The van der Waals surface area contributed by atoms with Crippen molar-refractivity contribution in [3.8, 4) is 0 Å². The maximum Gasteiger partial charge on any atom is 0.247 e. The molecule has 11 heavy (non-hydrogen) atoms. The third kappa shape index (κ3) is 1.38. The lowest BCUT2D eigenvalue weighted by atomic mass is 10.3. The summed E-state index contributed by atoms with van der Waals surface area (Å²) in [5.74, 6) is -0.313. The Morgan fingerprint density at radius 3 is 2.55 bits per heavy atom. The molecule has 62 valence electrons. The smallest absolute Gasteiger partial charge is 0.247 e. The summed E-state index contributed by atoms with van der Waals surface area (Å²) in [7, 11) is 3.15. The first-order chi connectivity index (χ1) is 5.16. The zero-order chi connectivity index (χ0) is 8.43. The van der Waals surface area contributed by atoms with E-state index in [0.29, 0.717) is 0 Å². The van der Waals surface area contributed by atoms with E-state index in [2.05, 4.69) is 10.9 Å². The number of nitrogens with zero attached hydrogens (tertiary/aromatic N) is 1. The normalized spacial score (nSPS) is 24.9. The quantitative estimate of drug-likeness (QED) is 0.377. The number of hydrogen-bond acceptors (Lipinski definition) is 4. The van der Waals surface area contributed by atoms with Crippen molar-refractivity contribution >= 4 is 11.8 Å². The van der Waals surface area contributed by atoms with Crippen molar-refractivity contribution in [2.75, 3.05) is 14.1 Å². The summed E-state index contributed by atoms with van der Waals surface area (Å²) in [5.41, 5.74) is 5.32. The lowest BCUT2D eigenvalue weighted by molar-refractivity contribution is -0.137. The third-order valence-corrected chi connectivity index (χ3v) is 1.70. The van der Waals surface area contributed by atoms with Gasteiger partial charge in [-0.2, -0.15) is 0 Å². The van der Waals surface area contributed by atoms with Crippen LogP contribution >= 0.6 is 0 Å². The highest BCUT2D eigenvalue weighted by molar-refractivity contribution is 6.05. The van der Waals surface area contributed by atoms with Crippen molar-refractivity contribution in [1.29, 1.82) is 0 Å². The van der Waals surface area contributed by atoms with E-state index in [1.165, 1.54) is 7.05 Å². The van der Waals surface area contributed by atoms with E-state index < -0.39 is 6.04 Å². The molecule has 0 bridgehead atoms. The molecule has 2 N–H and O–H groups in total. The highest BCUT2D eigenvalue weighted by Gasteiger charge is 2.35. The molecule has 0 radical (unpaired) electrons. The number of amides is 2. The molecule has 1 atom stereocenters. The molecule has 1 heterocycles. The summed E-state index contributed by atoms with van der Waals surface area (Å²) in [4.78, 5) is 23.1. The second-order valence-corrected chi connectivity index (χ2v) is 2.44. The first kappa shape index (κ1) is 8.16. The van der Waals surface area contributed by atoms with Crippen molar-refractivity contribution in [1.82, 2.24) is 15.8 Å². The number of imide groups is 1. The molecule has 1 fully saturated rings. The number of likely N-dealkylation sites (tertiary alicyclic amines) is 1. The number of carbonyl (C=O) groups excluding carboxylic acids is 2. The summed E-state index contributed by atoms with van der Waals surface area (Å²) < 4.78 is 0. The molecule has 1 rings (SSSR count). The summed E-state index contributed by atoms with van der Waals surface area (Å²) in [6, 6.07) is -0.391. The van der Waals surface area contributed by atoms with Gasteiger partial charge in [-0.15, -0.1) is 0 Å². The maximum atomic E-state index is 11.1. The molecule has 5 nitrogen and oxygen atoms in total. The van der Waals surface area contributed by atoms with Crippen LogP contribution in [0.5, 0.6) is 0 Å². The second kappa shape index (κ2) is 2.98. The van der Waals surface area contributed by atoms with Crippen LogP contribution in [0, 0.1) is 0 Å². The largest absolute Gasteiger partial charge is 0.284 e. The lowest BCUT2D eigenvalue weighted by Crippen LogP contribution is -2.43. The minimum absolute atomic E-state index is 0.136. The summed E-state index contributed by atoms with van der Waals surface area (Å²) >= 11 is 0. The van der Waals surface area contributed by atoms with Crippen LogP contribution in [0.2, 0.25) is 0 Å². The molecule has 0 aliphatic carbocycles. The molecular formula is C6H11N3O2. The molecular weight excluding hydrogens is 146 g/mol. The van der Waals surface area contributed by atoms with Crippen molar-refractivity contribution in [2.45, 2.75) is 12.5 Å². The number of carbonyl (C=O) groups is 2. The van der Waals surface area contributed by atoms with E-state index in [1.807, 2.05) is 0 Å². The van der Waals surface area contributed by atoms with Crippen molar-refractivity contribution in [2.24, 2.45) is 0 Å². The molecule has 1 unspecified atom stereocenters. The van der Waals surface area contributed by atoms with Crippen molar-refractivity contribution < 1.29 is 9.59 Å². The van der Waals surface area contributed by atoms with Gasteiger partial charge in [-0.3, -0.25) is 19.9 Å². The van der Waals surface area contributed by atoms with Crippen LogP contribution in [0.1, 0.15) is 6.42 Å². The fourth-order valence-corrected chi connectivity index (χ4v) is 1.04. The van der Waals surface area contributed by atoms with E-state index in [1.54, 1.807) is 7.05 Å². The van der Waals surface area contributed by atoms with E-state index in [-0.39, 0.29) is 18.2 Å². The Bertz CT molecular complexity index is 192. The zero-order valence-electron chi connectivity index (χ0n) is 6.55. The first-order valence-corrected chi connectivity index (χ1v) is 3.39. The Morgan fingerprint density at radius 2 is 2.18 bits per heavy atom. The molecule has 2 amide bonds. The highest BCUT2D eigenvalue weighted by atomic mass is 16.2. The van der Waals surface area contributed by atoms with Crippen LogP contribution in [0.4, 0.5) is 0 Å². The summed E-state index contributed by atoms with van der Waals surface area (Å²) in [5, 5.41) is 0. The third-order valence-electron chi connectivity index (χ3n) is 1.70. The summed E-state index contributed by atoms with van der Waals surface area (Å²) in [6.07, 6.45) is 0.246. The Hall–Kier alpha value is -0.940. The van der Waals surface area contributed by atoms with Crippen LogP contribution < -0.4 is 10.9 Å². The van der Waals surface area contributed by atoms with Gasteiger partial charge in [-0.25, -0.2) is 5.43 Å². The van der Waals surface area contributed by atoms with E-state index in [0.717, 1.165) is 4.90 Å². The van der Waals surface area contributed by atoms with Crippen LogP contribution in [0.15, 0.2) is 0 Å². The van der Waals surface area contributed by atoms with Crippen LogP contribution in [-0.2, 0) is 9.59 Å². The van der Waals surface area contributed by atoms with Crippen LogP contribution in [0.25, 0.3) is 0 Å². The van der Waals surface area contributed by atoms with Gasteiger partial charge in [0.05, 0.1) is 6.42 Å². The number of rotatable bonds is 2. The van der Waals surface area contributed by atoms with E-state index in [9.17, 15) is 9.59 Å². The van der Waals surface area contributed by atoms with Gasteiger partial charge in [0.15, 0.2) is 0 Å². The number of nitrogens with one attached hydrogen (secondary N) is 2. The molecule has 0 spiro atoms. The molecule has 1 aliphatic heterocycles. The number of likely N-dealkylation sites (N-methyl/N-ethyl adjacent to an activating group) is 1. The maximum absolute atomic E-state index is 11.1. The predicted octanol–water partition coefficient (Wildman–Crippen LogP) is -1.53.